The third-order valence-electron chi connectivity index (χ3n) is 3.67. The van der Waals surface area contributed by atoms with Crippen LogP contribution in [0.3, 0.4) is 0 Å². The van der Waals surface area contributed by atoms with Crippen LogP contribution in [-0.4, -0.2) is 24.0 Å². The number of rotatable bonds is 2. The first kappa shape index (κ1) is 15.7. The molecule has 3 nitrogen and oxygen atoms in total. The molecule has 6 heteroatoms. The van der Waals surface area contributed by atoms with Gasteiger partial charge >= 0.3 is 12.2 Å². The molecule has 1 heterocycles. The van der Waals surface area contributed by atoms with Crippen molar-refractivity contribution in [2.24, 2.45) is 5.92 Å². The lowest BCUT2D eigenvalue weighted by Crippen LogP contribution is -2.44. The number of carbonyl (C=O) groups excluding carboxylic acids is 1. The van der Waals surface area contributed by atoms with Gasteiger partial charge in [-0.25, -0.2) is 4.79 Å². The summed E-state index contributed by atoms with van der Waals surface area (Å²) in [6.45, 7) is 3.82. The van der Waals surface area contributed by atoms with E-state index in [4.69, 9.17) is 0 Å². The molecule has 2 amide bonds. The highest BCUT2D eigenvalue weighted by Crippen LogP contribution is 2.29. The molecule has 0 spiro atoms. The first-order chi connectivity index (χ1) is 9.86. The second-order valence-electron chi connectivity index (χ2n) is 5.55. The van der Waals surface area contributed by atoms with Crippen LogP contribution >= 0.6 is 0 Å². The number of carbonyl (C=O) groups is 1. The molecular formula is C15H19F3N2O. The summed E-state index contributed by atoms with van der Waals surface area (Å²) in [4.78, 5) is 13.7. The lowest BCUT2D eigenvalue weighted by Gasteiger charge is -2.30. The number of likely N-dealkylation sites (tertiary alicyclic amines) is 1. The molecule has 1 aliphatic heterocycles. The number of benzene rings is 1. The zero-order valence-electron chi connectivity index (χ0n) is 11.9. The van der Waals surface area contributed by atoms with E-state index in [0.717, 1.165) is 38.1 Å². The summed E-state index contributed by atoms with van der Waals surface area (Å²) in [7, 11) is 0. The summed E-state index contributed by atoms with van der Waals surface area (Å²) in [6, 6.07) is 4.69. The van der Waals surface area contributed by atoms with Gasteiger partial charge < -0.3 is 10.2 Å². The number of piperidine rings is 1. The predicted molar refractivity (Wildman–Crippen MR) is 73.7 cm³/mol. The normalized spacial score (nSPS) is 19.4. The molecule has 0 aromatic heterocycles. The number of urea groups is 1. The third-order valence-corrected chi connectivity index (χ3v) is 3.67. The molecule has 0 bridgehead atoms. The van der Waals surface area contributed by atoms with E-state index < -0.39 is 11.7 Å². The number of nitrogens with one attached hydrogen (secondary N) is 1. The van der Waals surface area contributed by atoms with Gasteiger partial charge in [-0.05, 0) is 36.5 Å². The van der Waals surface area contributed by atoms with Crippen molar-refractivity contribution in [3.05, 3.63) is 35.4 Å². The van der Waals surface area contributed by atoms with Gasteiger partial charge in [0.15, 0.2) is 0 Å². The minimum absolute atomic E-state index is 0.151. The van der Waals surface area contributed by atoms with Gasteiger partial charge in [0.1, 0.15) is 0 Å². The smallest absolute Gasteiger partial charge is 0.334 e. The molecule has 116 valence electrons. The van der Waals surface area contributed by atoms with E-state index in [1.807, 2.05) is 0 Å². The average Bonchev–Trinajstić information content (AvgIpc) is 2.44. The van der Waals surface area contributed by atoms with Crippen LogP contribution in [-0.2, 0) is 12.7 Å². The Bertz CT molecular complexity index is 485. The van der Waals surface area contributed by atoms with Gasteiger partial charge in [0.05, 0.1) is 5.56 Å². The number of hydrogen-bond donors (Lipinski definition) is 1. The van der Waals surface area contributed by atoms with Gasteiger partial charge in [-0.2, -0.15) is 13.2 Å². The minimum atomic E-state index is -4.33. The summed E-state index contributed by atoms with van der Waals surface area (Å²) in [6.07, 6.45) is -2.21. The average molecular weight is 300 g/mol. The van der Waals surface area contributed by atoms with E-state index in [0.29, 0.717) is 11.5 Å². The van der Waals surface area contributed by atoms with Gasteiger partial charge in [-0.1, -0.05) is 19.1 Å². The van der Waals surface area contributed by atoms with Crippen molar-refractivity contribution in [2.75, 3.05) is 13.1 Å². The van der Waals surface area contributed by atoms with E-state index in [9.17, 15) is 18.0 Å². The van der Waals surface area contributed by atoms with Crippen molar-refractivity contribution in [3.8, 4) is 0 Å². The lowest BCUT2D eigenvalue weighted by molar-refractivity contribution is -0.137. The largest absolute Gasteiger partial charge is 0.416 e. The molecular weight excluding hydrogens is 281 g/mol. The molecule has 0 saturated carbocycles. The molecule has 2 rings (SSSR count). The van der Waals surface area contributed by atoms with E-state index in [2.05, 4.69) is 12.2 Å². The van der Waals surface area contributed by atoms with Gasteiger partial charge in [-0.15, -0.1) is 0 Å². The van der Waals surface area contributed by atoms with Crippen LogP contribution in [0.15, 0.2) is 24.3 Å². The first-order valence-electron chi connectivity index (χ1n) is 7.05. The van der Waals surface area contributed by atoms with Crippen molar-refractivity contribution < 1.29 is 18.0 Å². The van der Waals surface area contributed by atoms with E-state index >= 15 is 0 Å². The standard InChI is InChI=1S/C15H19F3N2O/c1-11-3-2-8-20(10-11)14(21)19-9-12-4-6-13(7-5-12)15(16,17)18/h4-7,11H,2-3,8-10H2,1H3,(H,19,21). The summed E-state index contributed by atoms with van der Waals surface area (Å²) in [5, 5.41) is 2.75. The van der Waals surface area contributed by atoms with Crippen molar-refractivity contribution in [1.82, 2.24) is 10.2 Å². The highest BCUT2D eigenvalue weighted by Gasteiger charge is 2.29. The fourth-order valence-electron chi connectivity index (χ4n) is 2.47. The highest BCUT2D eigenvalue weighted by molar-refractivity contribution is 5.74. The maximum atomic E-state index is 12.4. The van der Waals surface area contributed by atoms with Crippen molar-refractivity contribution in [2.45, 2.75) is 32.5 Å². The number of halogens is 3. The maximum absolute atomic E-state index is 12.4. The Kier molecular flexibility index (Phi) is 4.75. The zero-order chi connectivity index (χ0) is 15.5. The molecule has 1 unspecified atom stereocenters. The molecule has 1 saturated heterocycles. The number of nitrogens with zero attached hydrogens (tertiary/aromatic N) is 1. The molecule has 1 fully saturated rings. The number of alkyl halides is 3. The Morgan fingerprint density at radius 3 is 2.57 bits per heavy atom. The first-order valence-corrected chi connectivity index (χ1v) is 7.05. The fraction of sp³-hybridized carbons (Fsp3) is 0.533. The van der Waals surface area contributed by atoms with Crippen LogP contribution in [0.5, 0.6) is 0 Å². The second-order valence-corrected chi connectivity index (χ2v) is 5.55. The summed E-state index contributed by atoms with van der Waals surface area (Å²) in [5.74, 6) is 0.496. The Balaban J connectivity index is 1.86. The van der Waals surface area contributed by atoms with Crippen LogP contribution in [0, 0.1) is 5.92 Å². The van der Waals surface area contributed by atoms with Crippen molar-refractivity contribution in [1.29, 1.82) is 0 Å². The number of amides is 2. The topological polar surface area (TPSA) is 32.3 Å². The van der Waals surface area contributed by atoms with Crippen LogP contribution in [0.2, 0.25) is 0 Å². The molecule has 1 aromatic rings. The number of hydrogen-bond acceptors (Lipinski definition) is 1. The van der Waals surface area contributed by atoms with E-state index in [-0.39, 0.29) is 12.6 Å². The highest BCUT2D eigenvalue weighted by atomic mass is 19.4. The maximum Gasteiger partial charge on any atom is 0.416 e. The Hall–Kier alpha value is -1.72. The Morgan fingerprint density at radius 2 is 2.00 bits per heavy atom. The fourth-order valence-corrected chi connectivity index (χ4v) is 2.47. The van der Waals surface area contributed by atoms with Gasteiger partial charge in [0.25, 0.3) is 0 Å². The van der Waals surface area contributed by atoms with Crippen LogP contribution in [0.1, 0.15) is 30.9 Å². The molecule has 1 aromatic carbocycles. The third kappa shape index (κ3) is 4.37. The summed E-state index contributed by atoms with van der Waals surface area (Å²) < 4.78 is 37.3. The summed E-state index contributed by atoms with van der Waals surface area (Å²) >= 11 is 0. The van der Waals surface area contributed by atoms with Crippen LogP contribution in [0.4, 0.5) is 18.0 Å². The molecule has 1 aliphatic rings. The quantitative estimate of drug-likeness (QED) is 0.888. The predicted octanol–water partition coefficient (Wildman–Crippen LogP) is 3.65. The molecule has 1 N–H and O–H groups in total. The minimum Gasteiger partial charge on any atom is -0.334 e. The van der Waals surface area contributed by atoms with Crippen molar-refractivity contribution >= 4 is 6.03 Å². The van der Waals surface area contributed by atoms with Gasteiger partial charge in [0, 0.05) is 19.6 Å². The van der Waals surface area contributed by atoms with Gasteiger partial charge in [-0.3, -0.25) is 0 Å². The summed E-state index contributed by atoms with van der Waals surface area (Å²) in [5.41, 5.74) is -0.0242. The zero-order valence-corrected chi connectivity index (χ0v) is 11.9. The van der Waals surface area contributed by atoms with Crippen LogP contribution in [0.25, 0.3) is 0 Å². The van der Waals surface area contributed by atoms with Crippen molar-refractivity contribution in [3.63, 3.8) is 0 Å². The molecule has 21 heavy (non-hydrogen) atoms. The monoisotopic (exact) mass is 300 g/mol. The lowest BCUT2D eigenvalue weighted by atomic mass is 10.0. The molecule has 0 aliphatic carbocycles. The molecule has 1 atom stereocenters. The van der Waals surface area contributed by atoms with E-state index in [1.165, 1.54) is 12.1 Å². The van der Waals surface area contributed by atoms with Gasteiger partial charge in [0.2, 0.25) is 0 Å². The second kappa shape index (κ2) is 6.37. The molecule has 0 radical (unpaired) electrons. The Morgan fingerprint density at radius 1 is 1.33 bits per heavy atom. The Labute approximate surface area is 122 Å². The SMILES string of the molecule is CC1CCCN(C(=O)NCc2ccc(C(F)(F)F)cc2)C1. The van der Waals surface area contributed by atoms with E-state index in [1.54, 1.807) is 4.90 Å². The van der Waals surface area contributed by atoms with Crippen LogP contribution < -0.4 is 5.32 Å².